The van der Waals surface area contributed by atoms with Crippen molar-refractivity contribution in [3.8, 4) is 17.6 Å². The zero-order valence-electron chi connectivity index (χ0n) is 14.5. The van der Waals surface area contributed by atoms with Crippen LogP contribution >= 0.6 is 11.6 Å². The lowest BCUT2D eigenvalue weighted by Crippen LogP contribution is -2.26. The van der Waals surface area contributed by atoms with E-state index in [0.29, 0.717) is 10.8 Å². The second-order valence-electron chi connectivity index (χ2n) is 6.73. The molecule has 0 aliphatic heterocycles. The summed E-state index contributed by atoms with van der Waals surface area (Å²) in [5, 5.41) is 9.98. The molecule has 1 unspecified atom stereocenters. The first-order valence-corrected chi connectivity index (χ1v) is 8.38. The monoisotopic (exact) mass is 356 g/mol. The van der Waals surface area contributed by atoms with Crippen LogP contribution in [-0.2, 0) is 10.2 Å². The van der Waals surface area contributed by atoms with Gasteiger partial charge >= 0.3 is 5.97 Å². The number of hydrogen-bond acceptors (Lipinski definition) is 2. The molecule has 2 rings (SSSR count). The van der Waals surface area contributed by atoms with Gasteiger partial charge in [0, 0.05) is 10.6 Å². The van der Waals surface area contributed by atoms with E-state index in [1.54, 1.807) is 36.4 Å². The highest BCUT2D eigenvalue weighted by atomic mass is 35.5. The molecule has 0 spiro atoms. The van der Waals surface area contributed by atoms with Crippen molar-refractivity contribution in [2.75, 3.05) is 0 Å². The first kappa shape index (κ1) is 18.9. The Balaban J connectivity index is 2.04. The number of carbonyl (C=O) groups is 1. The van der Waals surface area contributed by atoms with Gasteiger partial charge in [-0.2, -0.15) is 0 Å². The molecule has 0 amide bonds. The lowest BCUT2D eigenvalue weighted by Gasteiger charge is -2.19. The standard InChI is InChI=1S/C21H21ClO3/c1-21(2,3)16-9-13-18(14-10-16)25-19(20(23)24)6-4-5-15-7-11-17(22)12-8-15/h7-14,19H,6H2,1-3H3,(H,23,24). The number of benzene rings is 2. The van der Waals surface area contributed by atoms with Gasteiger partial charge in [0.05, 0.1) is 6.42 Å². The van der Waals surface area contributed by atoms with Crippen molar-refractivity contribution in [3.63, 3.8) is 0 Å². The van der Waals surface area contributed by atoms with Crippen LogP contribution in [0.15, 0.2) is 48.5 Å². The Labute approximate surface area is 153 Å². The number of halogens is 1. The quantitative estimate of drug-likeness (QED) is 0.791. The molecule has 0 saturated heterocycles. The molecule has 3 nitrogen and oxygen atoms in total. The molecule has 0 radical (unpaired) electrons. The van der Waals surface area contributed by atoms with Gasteiger partial charge < -0.3 is 9.84 Å². The summed E-state index contributed by atoms with van der Waals surface area (Å²) in [6, 6.07) is 14.6. The van der Waals surface area contributed by atoms with Gasteiger partial charge in [-0.15, -0.1) is 0 Å². The maximum absolute atomic E-state index is 11.4. The van der Waals surface area contributed by atoms with E-state index in [1.165, 1.54) is 0 Å². The van der Waals surface area contributed by atoms with Gasteiger partial charge in [-0.3, -0.25) is 0 Å². The Morgan fingerprint density at radius 1 is 1.12 bits per heavy atom. The highest BCUT2D eigenvalue weighted by Gasteiger charge is 2.19. The van der Waals surface area contributed by atoms with Crippen LogP contribution in [0.3, 0.4) is 0 Å². The Morgan fingerprint density at radius 2 is 1.72 bits per heavy atom. The van der Waals surface area contributed by atoms with Crippen LogP contribution in [0.1, 0.15) is 38.3 Å². The number of aliphatic carboxylic acids is 1. The van der Waals surface area contributed by atoms with Gasteiger partial charge in [0.25, 0.3) is 0 Å². The predicted molar refractivity (Wildman–Crippen MR) is 100 cm³/mol. The molecule has 0 aliphatic carbocycles. The Bertz CT molecular complexity index is 775. The third-order valence-electron chi connectivity index (χ3n) is 3.64. The molecule has 0 bridgehead atoms. The molecule has 130 valence electrons. The van der Waals surface area contributed by atoms with Crippen LogP contribution in [0.5, 0.6) is 5.75 Å². The molecule has 0 aliphatic rings. The summed E-state index contributed by atoms with van der Waals surface area (Å²) in [5.41, 5.74) is 1.98. The highest BCUT2D eigenvalue weighted by molar-refractivity contribution is 6.30. The van der Waals surface area contributed by atoms with Crippen molar-refractivity contribution in [1.82, 2.24) is 0 Å². The molecule has 2 aromatic carbocycles. The molecule has 4 heteroatoms. The Hall–Kier alpha value is -2.44. The minimum atomic E-state index is -1.04. The molecular formula is C21H21ClO3. The summed E-state index contributed by atoms with van der Waals surface area (Å²) < 4.78 is 5.58. The summed E-state index contributed by atoms with van der Waals surface area (Å²) in [4.78, 5) is 11.4. The summed E-state index contributed by atoms with van der Waals surface area (Å²) in [5.74, 6) is 5.26. The first-order valence-electron chi connectivity index (χ1n) is 8.00. The van der Waals surface area contributed by atoms with Gasteiger partial charge in [-0.05, 0) is 47.4 Å². The van der Waals surface area contributed by atoms with Crippen LogP contribution in [0.4, 0.5) is 0 Å². The number of rotatable bonds is 4. The third-order valence-corrected chi connectivity index (χ3v) is 3.89. The van der Waals surface area contributed by atoms with Crippen LogP contribution in [0.25, 0.3) is 0 Å². The fourth-order valence-corrected chi connectivity index (χ4v) is 2.28. The van der Waals surface area contributed by atoms with E-state index in [1.807, 2.05) is 12.1 Å². The summed E-state index contributed by atoms with van der Waals surface area (Å²) in [6.45, 7) is 6.36. The van der Waals surface area contributed by atoms with Gasteiger partial charge in [-0.25, -0.2) is 4.79 Å². The van der Waals surface area contributed by atoms with Crippen molar-refractivity contribution in [1.29, 1.82) is 0 Å². The maximum Gasteiger partial charge on any atom is 0.345 e. The molecule has 0 fully saturated rings. The van der Waals surface area contributed by atoms with Gasteiger partial charge in [-0.1, -0.05) is 56.3 Å². The number of ether oxygens (including phenoxy) is 1. The van der Waals surface area contributed by atoms with E-state index < -0.39 is 12.1 Å². The second kappa shape index (κ2) is 8.09. The minimum absolute atomic E-state index is 0.0365. The van der Waals surface area contributed by atoms with E-state index in [4.69, 9.17) is 16.3 Å². The van der Waals surface area contributed by atoms with Crippen LogP contribution in [-0.4, -0.2) is 17.2 Å². The van der Waals surface area contributed by atoms with Crippen LogP contribution < -0.4 is 4.74 Å². The van der Waals surface area contributed by atoms with E-state index in [9.17, 15) is 9.90 Å². The largest absolute Gasteiger partial charge is 0.478 e. The lowest BCUT2D eigenvalue weighted by molar-refractivity contribution is -0.144. The average molecular weight is 357 g/mol. The maximum atomic E-state index is 11.4. The van der Waals surface area contributed by atoms with E-state index in [0.717, 1.165) is 11.1 Å². The highest BCUT2D eigenvalue weighted by Crippen LogP contribution is 2.24. The van der Waals surface area contributed by atoms with Crippen molar-refractivity contribution in [2.24, 2.45) is 0 Å². The summed E-state index contributed by atoms with van der Waals surface area (Å²) in [6.07, 6.45) is -0.917. The molecule has 0 aromatic heterocycles. The zero-order chi connectivity index (χ0) is 18.4. The number of hydrogen-bond donors (Lipinski definition) is 1. The fraction of sp³-hybridized carbons (Fsp3) is 0.286. The zero-order valence-corrected chi connectivity index (χ0v) is 15.3. The van der Waals surface area contributed by atoms with Crippen molar-refractivity contribution in [2.45, 2.75) is 38.7 Å². The van der Waals surface area contributed by atoms with E-state index in [2.05, 4.69) is 32.6 Å². The number of carboxylic acid groups (broad SMARTS) is 1. The molecule has 0 heterocycles. The lowest BCUT2D eigenvalue weighted by atomic mass is 9.87. The Morgan fingerprint density at radius 3 is 2.24 bits per heavy atom. The predicted octanol–water partition coefficient (Wildman–Crippen LogP) is 4.91. The van der Waals surface area contributed by atoms with E-state index >= 15 is 0 Å². The van der Waals surface area contributed by atoms with Crippen molar-refractivity contribution in [3.05, 3.63) is 64.7 Å². The molecule has 25 heavy (non-hydrogen) atoms. The van der Waals surface area contributed by atoms with Crippen molar-refractivity contribution < 1.29 is 14.6 Å². The van der Waals surface area contributed by atoms with Crippen molar-refractivity contribution >= 4 is 17.6 Å². The average Bonchev–Trinajstić information content (AvgIpc) is 2.55. The SMILES string of the molecule is CC(C)(C)c1ccc(OC(CC#Cc2ccc(Cl)cc2)C(=O)O)cc1. The summed E-state index contributed by atoms with van der Waals surface area (Å²) in [7, 11) is 0. The summed E-state index contributed by atoms with van der Waals surface area (Å²) >= 11 is 5.82. The fourth-order valence-electron chi connectivity index (χ4n) is 2.16. The minimum Gasteiger partial charge on any atom is -0.478 e. The molecular weight excluding hydrogens is 336 g/mol. The van der Waals surface area contributed by atoms with Crippen LogP contribution in [0, 0.1) is 11.8 Å². The molecule has 1 N–H and O–H groups in total. The van der Waals surface area contributed by atoms with Gasteiger partial charge in [0.15, 0.2) is 0 Å². The number of carboxylic acids is 1. The smallest absolute Gasteiger partial charge is 0.345 e. The van der Waals surface area contributed by atoms with Gasteiger partial charge in [0.1, 0.15) is 5.75 Å². The Kier molecular flexibility index (Phi) is 6.12. The second-order valence-corrected chi connectivity index (χ2v) is 7.17. The van der Waals surface area contributed by atoms with Crippen LogP contribution in [0.2, 0.25) is 5.02 Å². The molecule has 0 saturated carbocycles. The van der Waals surface area contributed by atoms with Gasteiger partial charge in [0.2, 0.25) is 6.10 Å². The molecule has 1 atom stereocenters. The topological polar surface area (TPSA) is 46.5 Å². The first-order chi connectivity index (χ1) is 11.8. The third kappa shape index (κ3) is 5.85. The normalized spacial score (nSPS) is 12.0. The molecule has 2 aromatic rings. The van der Waals surface area contributed by atoms with E-state index in [-0.39, 0.29) is 11.8 Å².